The Labute approximate surface area is 158 Å². The molecule has 1 aliphatic heterocycles. The Morgan fingerprint density at radius 2 is 1.85 bits per heavy atom. The van der Waals surface area contributed by atoms with E-state index in [0.29, 0.717) is 26.1 Å². The molecule has 1 saturated carbocycles. The monoisotopic (exact) mass is 396 g/mol. The van der Waals surface area contributed by atoms with Crippen molar-refractivity contribution in [3.05, 3.63) is 29.8 Å². The van der Waals surface area contributed by atoms with Gasteiger partial charge in [0.25, 0.3) is 5.91 Å². The minimum Gasteiger partial charge on any atom is -0.481 e. The number of hydrogen-bond acceptors (Lipinski definition) is 5. The van der Waals surface area contributed by atoms with E-state index in [-0.39, 0.29) is 30.0 Å². The van der Waals surface area contributed by atoms with Gasteiger partial charge in [-0.1, -0.05) is 18.9 Å². The van der Waals surface area contributed by atoms with Crippen molar-refractivity contribution in [3.8, 4) is 0 Å². The number of carboxylic acids is 1. The van der Waals surface area contributed by atoms with Gasteiger partial charge in [-0.2, -0.15) is 4.31 Å². The molecule has 0 radical (unpaired) electrons. The van der Waals surface area contributed by atoms with Gasteiger partial charge in [-0.25, -0.2) is 8.42 Å². The molecule has 9 heteroatoms. The van der Waals surface area contributed by atoms with Crippen molar-refractivity contribution in [1.82, 2.24) is 9.62 Å². The average Bonchev–Trinajstić information content (AvgIpc) is 3.09. The van der Waals surface area contributed by atoms with Gasteiger partial charge in [0.15, 0.2) is 0 Å². The van der Waals surface area contributed by atoms with Gasteiger partial charge in [-0.3, -0.25) is 9.59 Å². The number of nitrogens with one attached hydrogen (secondary N) is 1. The van der Waals surface area contributed by atoms with E-state index in [1.165, 1.54) is 28.6 Å². The molecule has 1 aromatic carbocycles. The van der Waals surface area contributed by atoms with Crippen molar-refractivity contribution in [2.24, 2.45) is 0 Å². The number of aliphatic carboxylic acids is 1. The summed E-state index contributed by atoms with van der Waals surface area (Å²) < 4.78 is 32.1. The van der Waals surface area contributed by atoms with E-state index in [9.17, 15) is 23.1 Å². The summed E-state index contributed by atoms with van der Waals surface area (Å²) in [5.74, 6) is -1.40. The smallest absolute Gasteiger partial charge is 0.305 e. The van der Waals surface area contributed by atoms with Crippen LogP contribution >= 0.6 is 0 Å². The summed E-state index contributed by atoms with van der Waals surface area (Å²) in [5.41, 5.74) is -0.553. The van der Waals surface area contributed by atoms with Crippen molar-refractivity contribution < 1.29 is 27.9 Å². The van der Waals surface area contributed by atoms with E-state index < -0.39 is 27.4 Å². The van der Waals surface area contributed by atoms with Crippen LogP contribution < -0.4 is 5.32 Å². The number of sulfonamides is 1. The van der Waals surface area contributed by atoms with Crippen LogP contribution in [0.3, 0.4) is 0 Å². The fourth-order valence-electron chi connectivity index (χ4n) is 3.73. The predicted molar refractivity (Wildman–Crippen MR) is 96.9 cm³/mol. The van der Waals surface area contributed by atoms with Crippen LogP contribution in [0.5, 0.6) is 0 Å². The highest BCUT2D eigenvalue weighted by molar-refractivity contribution is 7.89. The highest BCUT2D eigenvalue weighted by Crippen LogP contribution is 2.33. The van der Waals surface area contributed by atoms with Gasteiger partial charge in [0.1, 0.15) is 0 Å². The van der Waals surface area contributed by atoms with Crippen molar-refractivity contribution in [2.45, 2.75) is 42.5 Å². The molecule has 1 saturated heterocycles. The maximum absolute atomic E-state index is 12.8. The molecule has 0 unspecified atom stereocenters. The van der Waals surface area contributed by atoms with E-state index in [2.05, 4.69) is 5.32 Å². The number of benzene rings is 1. The first-order valence-corrected chi connectivity index (χ1v) is 10.5. The number of carbonyl (C=O) groups is 2. The number of hydrogen-bond donors (Lipinski definition) is 2. The molecule has 3 rings (SSSR count). The molecule has 148 valence electrons. The van der Waals surface area contributed by atoms with Crippen molar-refractivity contribution in [3.63, 3.8) is 0 Å². The molecule has 0 spiro atoms. The Bertz CT molecular complexity index is 811. The molecular weight excluding hydrogens is 372 g/mol. The number of morpholine rings is 1. The summed E-state index contributed by atoms with van der Waals surface area (Å²) >= 11 is 0. The molecule has 8 nitrogen and oxygen atoms in total. The van der Waals surface area contributed by atoms with Crippen LogP contribution in [0.2, 0.25) is 0 Å². The molecule has 1 aliphatic carbocycles. The standard InChI is InChI=1S/C18H24N2O6S/c21-16(22)13-18(6-1-2-7-18)19-17(23)14-4-3-5-15(12-14)27(24,25)20-8-10-26-11-9-20/h3-5,12H,1-2,6-11,13H2,(H,19,23)(H,21,22). The Kier molecular flexibility index (Phi) is 5.83. The van der Waals surface area contributed by atoms with Gasteiger partial charge in [-0.05, 0) is 31.0 Å². The summed E-state index contributed by atoms with van der Waals surface area (Å²) in [6.07, 6.45) is 2.80. The second-order valence-corrected chi connectivity index (χ2v) is 8.99. The van der Waals surface area contributed by atoms with Crippen LogP contribution in [-0.4, -0.2) is 61.5 Å². The zero-order valence-electron chi connectivity index (χ0n) is 15.0. The van der Waals surface area contributed by atoms with Gasteiger partial charge in [0, 0.05) is 18.7 Å². The van der Waals surface area contributed by atoms with Crippen molar-refractivity contribution >= 4 is 21.9 Å². The lowest BCUT2D eigenvalue weighted by Gasteiger charge is -2.29. The predicted octanol–water partition coefficient (Wildman–Crippen LogP) is 1.22. The second kappa shape index (κ2) is 7.95. The van der Waals surface area contributed by atoms with E-state index in [4.69, 9.17) is 4.74 Å². The minimum absolute atomic E-state index is 0.0516. The van der Waals surface area contributed by atoms with E-state index in [0.717, 1.165) is 12.8 Å². The fourth-order valence-corrected chi connectivity index (χ4v) is 5.19. The van der Waals surface area contributed by atoms with Crippen LogP contribution in [0, 0.1) is 0 Å². The first-order chi connectivity index (χ1) is 12.8. The minimum atomic E-state index is -3.70. The SMILES string of the molecule is O=C(O)CC1(NC(=O)c2cccc(S(=O)(=O)N3CCOCC3)c2)CCCC1. The van der Waals surface area contributed by atoms with Gasteiger partial charge < -0.3 is 15.2 Å². The van der Waals surface area contributed by atoms with Crippen LogP contribution in [0.25, 0.3) is 0 Å². The Morgan fingerprint density at radius 1 is 1.19 bits per heavy atom. The van der Waals surface area contributed by atoms with E-state index in [1.54, 1.807) is 0 Å². The van der Waals surface area contributed by atoms with Gasteiger partial charge in [0.05, 0.1) is 30.1 Å². The lowest BCUT2D eigenvalue weighted by molar-refractivity contribution is -0.138. The molecule has 27 heavy (non-hydrogen) atoms. The molecule has 1 amide bonds. The molecular formula is C18H24N2O6S. The zero-order chi connectivity index (χ0) is 19.5. The van der Waals surface area contributed by atoms with Crippen molar-refractivity contribution in [2.75, 3.05) is 26.3 Å². The highest BCUT2D eigenvalue weighted by Gasteiger charge is 2.37. The molecule has 2 fully saturated rings. The molecule has 0 bridgehead atoms. The maximum Gasteiger partial charge on any atom is 0.305 e. The average molecular weight is 396 g/mol. The third-order valence-corrected chi connectivity index (χ3v) is 7.03. The molecule has 2 N–H and O–H groups in total. The third kappa shape index (κ3) is 4.48. The van der Waals surface area contributed by atoms with Crippen LogP contribution in [0.4, 0.5) is 0 Å². The molecule has 0 aromatic heterocycles. The molecule has 0 atom stereocenters. The van der Waals surface area contributed by atoms with Crippen LogP contribution in [-0.2, 0) is 19.6 Å². The fraction of sp³-hybridized carbons (Fsp3) is 0.556. The quantitative estimate of drug-likeness (QED) is 0.748. The van der Waals surface area contributed by atoms with E-state index in [1.807, 2.05) is 0 Å². The topological polar surface area (TPSA) is 113 Å². The lowest BCUT2D eigenvalue weighted by Crippen LogP contribution is -2.47. The Balaban J connectivity index is 1.80. The van der Waals surface area contributed by atoms with Crippen molar-refractivity contribution in [1.29, 1.82) is 0 Å². The maximum atomic E-state index is 12.8. The van der Waals surface area contributed by atoms with E-state index >= 15 is 0 Å². The first-order valence-electron chi connectivity index (χ1n) is 9.05. The highest BCUT2D eigenvalue weighted by atomic mass is 32.2. The number of carbonyl (C=O) groups excluding carboxylic acids is 1. The summed E-state index contributed by atoms with van der Waals surface area (Å²) in [7, 11) is -3.70. The number of ether oxygens (including phenoxy) is 1. The normalized spacial score (nSPS) is 20.3. The second-order valence-electron chi connectivity index (χ2n) is 7.06. The Morgan fingerprint density at radius 3 is 2.48 bits per heavy atom. The third-order valence-electron chi connectivity index (χ3n) is 5.13. The van der Waals surface area contributed by atoms with Gasteiger partial charge >= 0.3 is 5.97 Å². The number of nitrogens with zero attached hydrogens (tertiary/aromatic N) is 1. The Hall–Kier alpha value is -1.97. The summed E-state index contributed by atoms with van der Waals surface area (Å²) in [5, 5.41) is 12.0. The molecule has 2 aliphatic rings. The summed E-state index contributed by atoms with van der Waals surface area (Å²) in [4.78, 5) is 24.0. The van der Waals surface area contributed by atoms with Gasteiger partial charge in [0.2, 0.25) is 10.0 Å². The largest absolute Gasteiger partial charge is 0.481 e. The number of rotatable bonds is 6. The number of amides is 1. The number of carboxylic acid groups (broad SMARTS) is 1. The molecule has 1 aromatic rings. The summed E-state index contributed by atoms with van der Waals surface area (Å²) in [6.45, 7) is 1.25. The van der Waals surface area contributed by atoms with Gasteiger partial charge in [-0.15, -0.1) is 0 Å². The van der Waals surface area contributed by atoms with Crippen LogP contribution in [0.15, 0.2) is 29.2 Å². The zero-order valence-corrected chi connectivity index (χ0v) is 15.8. The molecule has 1 heterocycles. The first kappa shape index (κ1) is 19.8. The summed E-state index contributed by atoms with van der Waals surface area (Å²) in [6, 6.07) is 5.88. The lowest BCUT2D eigenvalue weighted by atomic mass is 9.92. The van der Waals surface area contributed by atoms with Crippen LogP contribution in [0.1, 0.15) is 42.5 Å².